The predicted molar refractivity (Wildman–Crippen MR) is 91.9 cm³/mol. The van der Waals surface area contributed by atoms with E-state index in [4.69, 9.17) is 0 Å². The molecule has 0 aromatic carbocycles. The number of aromatic nitrogens is 2. The van der Waals surface area contributed by atoms with Gasteiger partial charge >= 0.3 is 5.69 Å². The number of aryl methyl sites for hydroxylation is 1. The van der Waals surface area contributed by atoms with Crippen LogP contribution in [-0.4, -0.2) is 54.9 Å². The first kappa shape index (κ1) is 19.4. The molecule has 0 aliphatic heterocycles. The summed E-state index contributed by atoms with van der Waals surface area (Å²) >= 11 is 1.42. The Hall–Kier alpha value is -1.65. The smallest absolute Gasteiger partial charge is 0.325 e. The van der Waals surface area contributed by atoms with Gasteiger partial charge in [-0.1, -0.05) is 0 Å². The zero-order valence-electron chi connectivity index (χ0n) is 12.8. The van der Waals surface area contributed by atoms with Gasteiger partial charge in [-0.05, 0) is 19.3 Å². The van der Waals surface area contributed by atoms with Crippen LogP contribution in [0.3, 0.4) is 0 Å². The molecule has 0 saturated heterocycles. The van der Waals surface area contributed by atoms with E-state index in [-0.39, 0.29) is 17.9 Å². The van der Waals surface area contributed by atoms with Gasteiger partial charge in [-0.25, -0.2) is 4.79 Å². The van der Waals surface area contributed by atoms with Crippen LogP contribution in [0, 0.1) is 6.92 Å². The lowest BCUT2D eigenvalue weighted by Gasteiger charge is -2.14. The Labute approximate surface area is 139 Å². The molecule has 0 fully saturated rings. The van der Waals surface area contributed by atoms with Crippen molar-refractivity contribution in [2.75, 3.05) is 23.7 Å². The molecule has 23 heavy (non-hydrogen) atoms. The summed E-state index contributed by atoms with van der Waals surface area (Å²) in [5.74, 6) is -0.384. The zero-order valence-corrected chi connectivity index (χ0v) is 14.4. The predicted octanol–water partition coefficient (Wildman–Crippen LogP) is -1.07. The van der Waals surface area contributed by atoms with Gasteiger partial charge in [0, 0.05) is 28.3 Å². The van der Waals surface area contributed by atoms with Crippen molar-refractivity contribution in [2.24, 2.45) is 0 Å². The summed E-state index contributed by atoms with van der Waals surface area (Å²) in [5, 5.41) is 12.2. The minimum atomic E-state index is -1.15. The van der Waals surface area contributed by atoms with Gasteiger partial charge in [0.05, 0.1) is 23.3 Å². The molecule has 4 N–H and O–H groups in total. The lowest BCUT2D eigenvalue weighted by atomic mass is 10.2. The number of thioether (sulfide) groups is 1. The maximum absolute atomic E-state index is 11.8. The third-order valence-electron chi connectivity index (χ3n) is 2.78. The summed E-state index contributed by atoms with van der Waals surface area (Å²) in [4.78, 5) is 39.0. The monoisotopic (exact) mass is 361 g/mol. The lowest BCUT2D eigenvalue weighted by Crippen LogP contribution is -2.40. The summed E-state index contributed by atoms with van der Waals surface area (Å²) in [6.45, 7) is 1.20. The van der Waals surface area contributed by atoms with Crippen LogP contribution in [0.5, 0.6) is 0 Å². The second-order valence-corrected chi connectivity index (χ2v) is 7.41. The Bertz CT molecular complexity index is 710. The molecule has 10 heteroatoms. The minimum absolute atomic E-state index is 0.148. The van der Waals surface area contributed by atoms with E-state index in [0.29, 0.717) is 10.8 Å². The second kappa shape index (κ2) is 9.48. The largest absolute Gasteiger partial charge is 0.394 e. The van der Waals surface area contributed by atoms with E-state index in [0.717, 1.165) is 6.08 Å². The summed E-state index contributed by atoms with van der Waals surface area (Å²) in [6.07, 6.45) is 4.21. The summed E-state index contributed by atoms with van der Waals surface area (Å²) < 4.78 is 11.6. The molecule has 0 radical (unpaired) electrons. The van der Waals surface area contributed by atoms with Crippen molar-refractivity contribution in [3.63, 3.8) is 0 Å². The van der Waals surface area contributed by atoms with Crippen LogP contribution in [0.15, 0.2) is 15.7 Å². The molecule has 1 aromatic rings. The van der Waals surface area contributed by atoms with E-state index >= 15 is 0 Å². The average molecular weight is 361 g/mol. The molecule has 1 heterocycles. The number of aromatic amines is 2. The van der Waals surface area contributed by atoms with Gasteiger partial charge in [0.25, 0.3) is 5.56 Å². The summed E-state index contributed by atoms with van der Waals surface area (Å²) in [6, 6.07) is -0.630. The van der Waals surface area contributed by atoms with Crippen molar-refractivity contribution >= 4 is 34.5 Å². The molecule has 0 aliphatic rings. The highest BCUT2D eigenvalue weighted by Crippen LogP contribution is 2.00. The number of rotatable bonds is 8. The maximum atomic E-state index is 11.8. The van der Waals surface area contributed by atoms with Crippen LogP contribution in [-0.2, 0) is 15.6 Å². The SMILES string of the molecule is CSC[S@](=O)C[C@@H](CO)NC(=O)/C=C\c1c(C)[nH]c(=O)[nH]c1=O. The Morgan fingerprint density at radius 2 is 2.13 bits per heavy atom. The highest BCUT2D eigenvalue weighted by Gasteiger charge is 2.13. The van der Waals surface area contributed by atoms with Crippen molar-refractivity contribution in [2.45, 2.75) is 13.0 Å². The molecule has 2 atom stereocenters. The van der Waals surface area contributed by atoms with E-state index in [2.05, 4.69) is 15.3 Å². The van der Waals surface area contributed by atoms with Gasteiger partial charge in [-0.3, -0.25) is 18.8 Å². The number of carbonyl (C=O) groups is 1. The molecule has 1 aromatic heterocycles. The van der Waals surface area contributed by atoms with Gasteiger partial charge < -0.3 is 15.4 Å². The third-order valence-corrected chi connectivity index (χ3v) is 5.55. The Morgan fingerprint density at radius 3 is 2.70 bits per heavy atom. The van der Waals surface area contributed by atoms with Crippen LogP contribution >= 0.6 is 11.8 Å². The van der Waals surface area contributed by atoms with Crippen molar-refractivity contribution in [3.05, 3.63) is 38.2 Å². The summed E-state index contributed by atoms with van der Waals surface area (Å²) in [5.41, 5.74) is -0.727. The number of aliphatic hydroxyl groups excluding tert-OH is 1. The molecular formula is C13H19N3O5S2. The molecule has 1 amide bonds. The number of hydrogen-bond acceptors (Lipinski definition) is 6. The number of H-pyrrole nitrogens is 2. The van der Waals surface area contributed by atoms with E-state index in [9.17, 15) is 23.7 Å². The van der Waals surface area contributed by atoms with E-state index in [1.165, 1.54) is 24.8 Å². The van der Waals surface area contributed by atoms with Gasteiger partial charge in [0.2, 0.25) is 5.91 Å². The molecule has 1 rings (SSSR count). The van der Waals surface area contributed by atoms with Gasteiger partial charge in [-0.15, -0.1) is 0 Å². The summed E-state index contributed by atoms with van der Waals surface area (Å²) in [7, 11) is -1.15. The van der Waals surface area contributed by atoms with E-state index < -0.39 is 34.0 Å². The molecule has 0 aliphatic carbocycles. The topological polar surface area (TPSA) is 132 Å². The van der Waals surface area contributed by atoms with Crippen LogP contribution < -0.4 is 16.6 Å². The number of aliphatic hydroxyl groups is 1. The number of hydrogen-bond donors (Lipinski definition) is 4. The van der Waals surface area contributed by atoms with E-state index in [1.807, 2.05) is 6.26 Å². The second-order valence-electron chi connectivity index (χ2n) is 4.68. The zero-order chi connectivity index (χ0) is 17.4. The van der Waals surface area contributed by atoms with Crippen molar-refractivity contribution in [1.29, 1.82) is 0 Å². The van der Waals surface area contributed by atoms with E-state index in [1.54, 1.807) is 0 Å². The highest BCUT2D eigenvalue weighted by atomic mass is 32.2. The molecule has 0 spiro atoms. The Kier molecular flexibility index (Phi) is 8.00. The van der Waals surface area contributed by atoms with Crippen LogP contribution in [0.4, 0.5) is 0 Å². The Morgan fingerprint density at radius 1 is 1.43 bits per heavy atom. The minimum Gasteiger partial charge on any atom is -0.394 e. The molecule has 0 unspecified atom stereocenters. The van der Waals surface area contributed by atoms with Gasteiger partial charge in [-0.2, -0.15) is 11.8 Å². The van der Waals surface area contributed by atoms with Crippen molar-refractivity contribution in [1.82, 2.24) is 15.3 Å². The first-order valence-electron chi connectivity index (χ1n) is 6.64. The number of carbonyl (C=O) groups excluding carboxylic acids is 1. The molecule has 0 saturated carbocycles. The number of nitrogens with one attached hydrogen (secondary N) is 3. The fourth-order valence-corrected chi connectivity index (χ4v) is 3.84. The quantitative estimate of drug-likeness (QED) is 0.436. The van der Waals surface area contributed by atoms with Gasteiger partial charge in [0.15, 0.2) is 0 Å². The standard InChI is InChI=1S/C13H19N3O5S2/c1-8-10(12(19)16-13(20)14-8)3-4-11(18)15-9(5-17)6-23(21)7-22-2/h3-4,9,17H,5-7H2,1-2H3,(H,15,18)(H2,14,16,19,20)/b4-3-/t9-,23-/m1/s1. The maximum Gasteiger partial charge on any atom is 0.325 e. The number of amides is 1. The Balaban J connectivity index is 2.74. The third kappa shape index (κ3) is 6.55. The molecule has 0 bridgehead atoms. The molecule has 8 nitrogen and oxygen atoms in total. The average Bonchev–Trinajstić information content (AvgIpc) is 2.45. The molecular weight excluding hydrogens is 342 g/mol. The first-order valence-corrected chi connectivity index (χ1v) is 9.52. The van der Waals surface area contributed by atoms with Crippen LogP contribution in [0.1, 0.15) is 11.3 Å². The lowest BCUT2D eigenvalue weighted by molar-refractivity contribution is -0.117. The van der Waals surface area contributed by atoms with Crippen LogP contribution in [0.2, 0.25) is 0 Å². The van der Waals surface area contributed by atoms with Gasteiger partial charge in [0.1, 0.15) is 0 Å². The fraction of sp³-hybridized carbons (Fsp3) is 0.462. The van der Waals surface area contributed by atoms with Crippen LogP contribution in [0.25, 0.3) is 6.08 Å². The fourth-order valence-electron chi connectivity index (χ4n) is 1.76. The first-order chi connectivity index (χ1) is 10.9. The molecule has 128 valence electrons. The highest BCUT2D eigenvalue weighted by molar-refractivity contribution is 8.09. The normalized spacial score (nSPS) is 13.9. The van der Waals surface area contributed by atoms with Crippen molar-refractivity contribution < 1.29 is 14.1 Å². The van der Waals surface area contributed by atoms with Crippen molar-refractivity contribution in [3.8, 4) is 0 Å².